The van der Waals surface area contributed by atoms with Crippen molar-refractivity contribution in [3.05, 3.63) is 53.6 Å². The van der Waals surface area contributed by atoms with Crippen molar-refractivity contribution in [2.45, 2.75) is 81.4 Å². The summed E-state index contributed by atoms with van der Waals surface area (Å²) < 4.78 is 86.3. The lowest BCUT2D eigenvalue weighted by Crippen LogP contribution is -2.40. The summed E-state index contributed by atoms with van der Waals surface area (Å²) in [5.41, 5.74) is 1.46. The van der Waals surface area contributed by atoms with E-state index in [-0.39, 0.29) is 48.4 Å². The summed E-state index contributed by atoms with van der Waals surface area (Å²) in [5.74, 6) is -5.58. The standard InChI is InChI=1S/C30H37F5O7S/c1-28(20-8-10-21(36)11-9-20)19-42-26-18-22(37)12-13-23(26)24(28)6-2-3-15-41-25(27(38)39)7-4-16-43(40)17-5-14-29(31,32)30(33,34)35/h8-13,18,24-25,36-37H,2-7,14-17,19H2,1H3,(H,38,39)/t24-,25?,28-,43?/m1/s1. The second kappa shape index (κ2) is 14.7. The van der Waals surface area contributed by atoms with Gasteiger partial charge in [0.15, 0.2) is 6.10 Å². The Kier molecular flexibility index (Phi) is 11.8. The fourth-order valence-corrected chi connectivity index (χ4v) is 6.45. The summed E-state index contributed by atoms with van der Waals surface area (Å²) in [5, 5.41) is 29.2. The summed E-state index contributed by atoms with van der Waals surface area (Å²) >= 11 is 0. The van der Waals surface area contributed by atoms with Crippen LogP contribution in [0.25, 0.3) is 0 Å². The lowest BCUT2D eigenvalue weighted by Gasteiger charge is -2.43. The number of hydrogen-bond acceptors (Lipinski definition) is 6. The molecule has 0 amide bonds. The van der Waals surface area contributed by atoms with E-state index in [0.29, 0.717) is 31.6 Å². The van der Waals surface area contributed by atoms with Crippen molar-refractivity contribution in [1.82, 2.24) is 0 Å². The third kappa shape index (κ3) is 9.28. The number of phenolic OH excluding ortho intramolecular Hbond substituents is 2. The molecule has 0 fully saturated rings. The molecule has 1 aliphatic heterocycles. The van der Waals surface area contributed by atoms with Gasteiger partial charge in [0.25, 0.3) is 0 Å². The van der Waals surface area contributed by atoms with Crippen LogP contribution in [0.5, 0.6) is 17.2 Å². The van der Waals surface area contributed by atoms with Gasteiger partial charge in [-0.15, -0.1) is 0 Å². The average molecular weight is 637 g/mol. The molecule has 3 N–H and O–H groups in total. The normalized spacial score (nSPS) is 20.2. The van der Waals surface area contributed by atoms with Crippen molar-refractivity contribution in [2.75, 3.05) is 24.7 Å². The van der Waals surface area contributed by atoms with Gasteiger partial charge < -0.3 is 24.8 Å². The van der Waals surface area contributed by atoms with Gasteiger partial charge in [-0.3, -0.25) is 4.21 Å². The molecule has 0 bridgehead atoms. The molecular formula is C30H37F5O7S. The number of hydrogen-bond donors (Lipinski definition) is 3. The Balaban J connectivity index is 1.48. The van der Waals surface area contributed by atoms with Gasteiger partial charge in [0, 0.05) is 52.7 Å². The zero-order valence-electron chi connectivity index (χ0n) is 23.7. The van der Waals surface area contributed by atoms with Gasteiger partial charge in [-0.25, -0.2) is 4.79 Å². The minimum absolute atomic E-state index is 0.0114. The summed E-state index contributed by atoms with van der Waals surface area (Å²) in [6.07, 6.45) is -6.73. The molecule has 0 aromatic heterocycles. The summed E-state index contributed by atoms with van der Waals surface area (Å²) in [6, 6.07) is 11.9. The van der Waals surface area contributed by atoms with Crippen molar-refractivity contribution in [3.8, 4) is 17.2 Å². The minimum Gasteiger partial charge on any atom is -0.508 e. The lowest BCUT2D eigenvalue weighted by molar-refractivity contribution is -0.284. The predicted molar refractivity (Wildman–Crippen MR) is 150 cm³/mol. The summed E-state index contributed by atoms with van der Waals surface area (Å²) in [4.78, 5) is 11.7. The van der Waals surface area contributed by atoms with E-state index in [1.807, 2.05) is 18.2 Å². The largest absolute Gasteiger partial charge is 0.508 e. The molecule has 0 spiro atoms. The fraction of sp³-hybridized carbons (Fsp3) is 0.567. The number of carboxylic acid groups (broad SMARTS) is 1. The molecule has 1 heterocycles. The maximum Gasteiger partial charge on any atom is 0.453 e. The zero-order valence-corrected chi connectivity index (χ0v) is 24.6. The molecule has 3 rings (SSSR count). The minimum atomic E-state index is -5.65. The molecule has 0 aliphatic carbocycles. The van der Waals surface area contributed by atoms with Gasteiger partial charge in [0.1, 0.15) is 17.2 Å². The van der Waals surface area contributed by atoms with Crippen LogP contribution in [0.4, 0.5) is 22.0 Å². The Bertz CT molecular complexity index is 1240. The molecular weight excluding hydrogens is 599 g/mol. The van der Waals surface area contributed by atoms with Crippen LogP contribution in [0.3, 0.4) is 0 Å². The highest BCUT2D eigenvalue weighted by molar-refractivity contribution is 7.84. The molecule has 2 aromatic rings. The number of unbranched alkanes of at least 4 members (excludes halogenated alkanes) is 1. The van der Waals surface area contributed by atoms with Crippen molar-refractivity contribution in [2.24, 2.45) is 0 Å². The van der Waals surface area contributed by atoms with Crippen molar-refractivity contribution in [3.63, 3.8) is 0 Å². The molecule has 0 saturated carbocycles. The zero-order chi connectivity index (χ0) is 31.8. The van der Waals surface area contributed by atoms with Crippen LogP contribution in [0.2, 0.25) is 0 Å². The maximum absolute atomic E-state index is 13.0. The van der Waals surface area contributed by atoms with Crippen molar-refractivity contribution < 1.29 is 55.7 Å². The summed E-state index contributed by atoms with van der Waals surface area (Å²) in [6.45, 7) is 2.57. The molecule has 2 aromatic carbocycles. The first-order valence-electron chi connectivity index (χ1n) is 14.0. The summed E-state index contributed by atoms with van der Waals surface area (Å²) in [7, 11) is -1.66. The topological polar surface area (TPSA) is 113 Å². The molecule has 4 atom stereocenters. The third-order valence-corrected chi connectivity index (χ3v) is 9.28. The van der Waals surface area contributed by atoms with Gasteiger partial charge in [0.05, 0.1) is 6.61 Å². The predicted octanol–water partition coefficient (Wildman–Crippen LogP) is 6.68. The van der Waals surface area contributed by atoms with E-state index in [0.717, 1.165) is 11.1 Å². The number of halogens is 5. The van der Waals surface area contributed by atoms with E-state index in [4.69, 9.17) is 9.47 Å². The Morgan fingerprint density at radius 1 is 1.02 bits per heavy atom. The van der Waals surface area contributed by atoms with Crippen molar-refractivity contribution >= 4 is 16.8 Å². The highest BCUT2D eigenvalue weighted by atomic mass is 32.2. The number of carbonyl (C=O) groups is 1. The van der Waals surface area contributed by atoms with Gasteiger partial charge in [-0.05, 0) is 61.4 Å². The Labute approximate surface area is 249 Å². The fourth-order valence-electron chi connectivity index (χ4n) is 5.29. The Hall–Kier alpha value is -2.93. The first-order chi connectivity index (χ1) is 20.1. The Morgan fingerprint density at radius 2 is 1.67 bits per heavy atom. The smallest absolute Gasteiger partial charge is 0.453 e. The molecule has 7 nitrogen and oxygen atoms in total. The van der Waals surface area contributed by atoms with Crippen LogP contribution in [0.1, 0.15) is 68.9 Å². The molecule has 240 valence electrons. The quantitative estimate of drug-likeness (QED) is 0.139. The SMILES string of the molecule is C[C@]1(c2ccc(O)cc2)COc2cc(O)ccc2[C@H]1CCCCOC(CCCS(=O)CCCC(F)(F)C(F)(F)F)C(=O)O. The first-order valence-corrected chi connectivity index (χ1v) is 15.5. The number of carboxylic acids is 1. The number of rotatable bonds is 16. The van der Waals surface area contributed by atoms with Gasteiger partial charge in [-0.2, -0.15) is 22.0 Å². The Morgan fingerprint density at radius 3 is 2.33 bits per heavy atom. The van der Waals surface area contributed by atoms with Gasteiger partial charge >= 0.3 is 18.1 Å². The van der Waals surface area contributed by atoms with Crippen LogP contribution in [0, 0.1) is 0 Å². The van der Waals surface area contributed by atoms with E-state index in [1.165, 1.54) is 0 Å². The van der Waals surface area contributed by atoms with Gasteiger partial charge in [0.2, 0.25) is 0 Å². The van der Waals surface area contributed by atoms with Crippen LogP contribution < -0.4 is 4.74 Å². The first kappa shape index (κ1) is 34.6. The number of benzene rings is 2. The number of fused-ring (bicyclic) bond motifs is 1. The third-order valence-electron chi connectivity index (χ3n) is 7.79. The number of aliphatic carboxylic acids is 1. The van der Waals surface area contributed by atoms with E-state index in [9.17, 15) is 46.3 Å². The molecule has 13 heteroatoms. The molecule has 2 unspecified atom stereocenters. The molecule has 43 heavy (non-hydrogen) atoms. The van der Waals surface area contributed by atoms with Crippen LogP contribution >= 0.6 is 0 Å². The van der Waals surface area contributed by atoms with E-state index >= 15 is 0 Å². The van der Waals surface area contributed by atoms with Crippen LogP contribution in [-0.4, -0.2) is 68.4 Å². The number of aromatic hydroxyl groups is 2. The monoisotopic (exact) mass is 636 g/mol. The van der Waals surface area contributed by atoms with Gasteiger partial charge in [-0.1, -0.05) is 31.5 Å². The highest BCUT2D eigenvalue weighted by Crippen LogP contribution is 2.49. The molecule has 0 saturated heterocycles. The second-order valence-corrected chi connectivity index (χ2v) is 12.7. The maximum atomic E-state index is 13.0. The number of ether oxygens (including phenoxy) is 2. The molecule has 1 aliphatic rings. The van der Waals surface area contributed by atoms with Crippen molar-refractivity contribution in [1.29, 1.82) is 0 Å². The number of phenols is 2. The lowest BCUT2D eigenvalue weighted by atomic mass is 9.66. The highest BCUT2D eigenvalue weighted by Gasteiger charge is 2.56. The van der Waals surface area contributed by atoms with Crippen LogP contribution in [0.15, 0.2) is 42.5 Å². The molecule has 0 radical (unpaired) electrons. The number of alkyl halides is 5. The van der Waals surface area contributed by atoms with E-state index in [2.05, 4.69) is 6.92 Å². The second-order valence-electron chi connectivity index (χ2n) is 11.0. The van der Waals surface area contributed by atoms with Crippen LogP contribution in [-0.2, 0) is 25.7 Å². The van der Waals surface area contributed by atoms with E-state index in [1.54, 1.807) is 24.3 Å². The van der Waals surface area contributed by atoms with E-state index < -0.39 is 53.2 Å². The average Bonchev–Trinajstić information content (AvgIpc) is 2.92.